The van der Waals surface area contributed by atoms with Gasteiger partial charge in [0.2, 0.25) is 5.91 Å². The van der Waals surface area contributed by atoms with Gasteiger partial charge in [0.1, 0.15) is 0 Å². The molecule has 0 saturated carbocycles. The first kappa shape index (κ1) is 60.3. The third-order valence-corrected chi connectivity index (χ3v) is 12.7. The fraction of sp³-hybridized carbons (Fsp3) is 0.893. The van der Waals surface area contributed by atoms with Crippen molar-refractivity contribution in [3.05, 3.63) is 24.3 Å². The molecule has 0 rings (SSSR count). The van der Waals surface area contributed by atoms with E-state index in [2.05, 4.69) is 31.3 Å². The monoisotopic (exact) mass is 874 g/mol. The molecule has 6 heteroatoms. The normalized spacial score (nSPS) is 12.8. The molecule has 0 spiro atoms. The molecule has 0 aliphatic rings. The van der Waals surface area contributed by atoms with Gasteiger partial charge in [-0.1, -0.05) is 250 Å². The number of ether oxygens (including phenoxy) is 1. The van der Waals surface area contributed by atoms with Gasteiger partial charge in [0.05, 0.1) is 25.4 Å². The van der Waals surface area contributed by atoms with Gasteiger partial charge in [0.15, 0.2) is 0 Å². The molecule has 0 bridgehead atoms. The largest absolute Gasteiger partial charge is 0.466 e. The lowest BCUT2D eigenvalue weighted by Gasteiger charge is -2.20. The van der Waals surface area contributed by atoms with Crippen molar-refractivity contribution in [1.29, 1.82) is 0 Å². The van der Waals surface area contributed by atoms with Gasteiger partial charge >= 0.3 is 5.97 Å². The third kappa shape index (κ3) is 47.8. The van der Waals surface area contributed by atoms with Crippen molar-refractivity contribution < 1.29 is 24.5 Å². The average Bonchev–Trinajstić information content (AvgIpc) is 3.27. The minimum atomic E-state index is -0.845. The van der Waals surface area contributed by atoms with Crippen LogP contribution in [-0.2, 0) is 14.3 Å². The van der Waals surface area contributed by atoms with Crippen LogP contribution in [0.3, 0.4) is 0 Å². The second-order valence-electron chi connectivity index (χ2n) is 18.9. The van der Waals surface area contributed by atoms with E-state index in [1.165, 1.54) is 225 Å². The molecule has 0 saturated heterocycles. The summed E-state index contributed by atoms with van der Waals surface area (Å²) in [5, 5.41) is 23.1. The molecular weight excluding hydrogens is 767 g/mol. The molecule has 0 aliphatic carbocycles. The molecule has 62 heavy (non-hydrogen) atoms. The van der Waals surface area contributed by atoms with Gasteiger partial charge in [-0.3, -0.25) is 9.59 Å². The molecule has 0 heterocycles. The number of aliphatic hydroxyl groups is 2. The highest BCUT2D eigenvalue weighted by molar-refractivity contribution is 5.76. The Labute approximate surface area is 386 Å². The van der Waals surface area contributed by atoms with E-state index in [0.29, 0.717) is 19.4 Å². The lowest BCUT2D eigenvalue weighted by atomic mass is 10.0. The predicted octanol–water partition coefficient (Wildman–Crippen LogP) is 16.7. The summed E-state index contributed by atoms with van der Waals surface area (Å²) in [6, 6.07) is -0.629. The van der Waals surface area contributed by atoms with Crippen molar-refractivity contribution in [2.24, 2.45) is 0 Å². The Morgan fingerprint density at radius 2 is 0.758 bits per heavy atom. The van der Waals surface area contributed by atoms with Gasteiger partial charge in [-0.05, 0) is 57.8 Å². The molecule has 0 aromatic rings. The van der Waals surface area contributed by atoms with Crippen LogP contribution in [0.4, 0.5) is 0 Å². The van der Waals surface area contributed by atoms with Crippen LogP contribution in [0.15, 0.2) is 24.3 Å². The number of hydrogen-bond donors (Lipinski definition) is 3. The Morgan fingerprint density at radius 1 is 0.435 bits per heavy atom. The van der Waals surface area contributed by atoms with Crippen LogP contribution < -0.4 is 5.32 Å². The second-order valence-corrected chi connectivity index (χ2v) is 18.9. The fourth-order valence-electron chi connectivity index (χ4n) is 8.45. The molecule has 2 atom stereocenters. The Balaban J connectivity index is 3.43. The van der Waals surface area contributed by atoms with Crippen LogP contribution in [0.2, 0.25) is 0 Å². The highest BCUT2D eigenvalue weighted by Crippen LogP contribution is 2.17. The number of esters is 1. The van der Waals surface area contributed by atoms with Crippen LogP contribution in [0.1, 0.15) is 296 Å². The summed E-state index contributed by atoms with van der Waals surface area (Å²) in [5.41, 5.74) is 0. The number of nitrogens with one attached hydrogen (secondary N) is 1. The summed E-state index contributed by atoms with van der Waals surface area (Å²) in [4.78, 5) is 24.4. The van der Waals surface area contributed by atoms with Gasteiger partial charge in [-0.2, -0.15) is 0 Å². The van der Waals surface area contributed by atoms with E-state index in [-0.39, 0.29) is 18.5 Å². The number of aliphatic hydroxyl groups excluding tert-OH is 2. The molecular formula is C56H107NO5. The topological polar surface area (TPSA) is 95.9 Å². The van der Waals surface area contributed by atoms with Crippen LogP contribution >= 0.6 is 0 Å². The quantitative estimate of drug-likeness (QED) is 0.0321. The van der Waals surface area contributed by atoms with Gasteiger partial charge in [0, 0.05) is 12.8 Å². The molecule has 3 N–H and O–H groups in total. The van der Waals surface area contributed by atoms with Gasteiger partial charge in [0.25, 0.3) is 0 Å². The van der Waals surface area contributed by atoms with Crippen LogP contribution in [-0.4, -0.2) is 47.4 Å². The third-order valence-electron chi connectivity index (χ3n) is 12.7. The molecule has 0 aliphatic heterocycles. The van der Waals surface area contributed by atoms with Crippen molar-refractivity contribution in [3.8, 4) is 0 Å². The lowest BCUT2D eigenvalue weighted by molar-refractivity contribution is -0.143. The maximum Gasteiger partial charge on any atom is 0.305 e. The van der Waals surface area contributed by atoms with Crippen molar-refractivity contribution in [3.63, 3.8) is 0 Å². The highest BCUT2D eigenvalue weighted by Gasteiger charge is 2.18. The zero-order chi connectivity index (χ0) is 45.1. The molecule has 0 fully saturated rings. The maximum atomic E-state index is 12.4. The number of amides is 1. The minimum Gasteiger partial charge on any atom is -0.466 e. The standard InChI is InChI=1S/C56H107NO5/c1-3-5-7-9-11-13-15-17-25-28-32-36-40-44-48-54(59)53(52-58)57-55(60)49-45-41-37-33-29-26-23-21-19-18-20-22-24-27-31-35-39-43-47-51-62-56(61)50-46-42-38-34-30-16-14-12-10-8-6-4-2/h12,14,44,48,53-54,58-59H,3-11,13,15-43,45-47,49-52H2,1-2H3,(H,57,60)/b14-12-,48-44+. The zero-order valence-electron chi connectivity index (χ0n) is 41.6. The van der Waals surface area contributed by atoms with Crippen molar-refractivity contribution in [1.82, 2.24) is 5.32 Å². The number of hydrogen-bond acceptors (Lipinski definition) is 5. The second kappa shape index (κ2) is 52.0. The molecule has 2 unspecified atom stereocenters. The number of carbonyl (C=O) groups is 2. The molecule has 0 aromatic carbocycles. The summed E-state index contributed by atoms with van der Waals surface area (Å²) < 4.78 is 5.46. The van der Waals surface area contributed by atoms with E-state index in [9.17, 15) is 19.8 Å². The van der Waals surface area contributed by atoms with E-state index in [0.717, 1.165) is 44.9 Å². The molecule has 0 aromatic heterocycles. The van der Waals surface area contributed by atoms with Crippen molar-refractivity contribution in [2.75, 3.05) is 13.2 Å². The Bertz CT molecular complexity index is 966. The van der Waals surface area contributed by atoms with Crippen LogP contribution in [0, 0.1) is 0 Å². The summed E-state index contributed by atoms with van der Waals surface area (Å²) >= 11 is 0. The maximum absolute atomic E-state index is 12.4. The number of unbranched alkanes of at least 4 members (excludes halogenated alkanes) is 38. The van der Waals surface area contributed by atoms with E-state index in [1.807, 2.05) is 6.08 Å². The molecule has 0 radical (unpaired) electrons. The average molecular weight is 874 g/mol. The Morgan fingerprint density at radius 3 is 1.18 bits per heavy atom. The zero-order valence-corrected chi connectivity index (χ0v) is 41.6. The van der Waals surface area contributed by atoms with E-state index < -0.39 is 12.1 Å². The van der Waals surface area contributed by atoms with Crippen molar-refractivity contribution in [2.45, 2.75) is 309 Å². The minimum absolute atomic E-state index is 0.00194. The summed E-state index contributed by atoms with van der Waals surface area (Å²) in [6.07, 6.45) is 61.9. The van der Waals surface area contributed by atoms with E-state index >= 15 is 0 Å². The smallest absolute Gasteiger partial charge is 0.305 e. The number of carbonyl (C=O) groups excluding carboxylic acids is 2. The number of rotatable bonds is 51. The van der Waals surface area contributed by atoms with Gasteiger partial charge < -0.3 is 20.3 Å². The van der Waals surface area contributed by atoms with Crippen molar-refractivity contribution >= 4 is 11.9 Å². The number of allylic oxidation sites excluding steroid dienone is 3. The lowest BCUT2D eigenvalue weighted by Crippen LogP contribution is -2.45. The predicted molar refractivity (Wildman–Crippen MR) is 269 cm³/mol. The van der Waals surface area contributed by atoms with Crippen LogP contribution in [0.25, 0.3) is 0 Å². The SMILES string of the molecule is CCCCC/C=C\CCCCCCCC(=O)OCCCCCCCCCCCCCCCCCCCCCC(=O)NC(CO)C(O)/C=C/CCCCCCCCCCCCCC. The Kier molecular flexibility index (Phi) is 50.6. The first-order valence-electron chi connectivity index (χ1n) is 27.6. The van der Waals surface area contributed by atoms with E-state index in [1.54, 1.807) is 6.08 Å². The molecule has 6 nitrogen and oxygen atoms in total. The molecule has 366 valence electrons. The van der Waals surface area contributed by atoms with E-state index in [4.69, 9.17) is 4.74 Å². The first-order valence-corrected chi connectivity index (χ1v) is 27.6. The highest BCUT2D eigenvalue weighted by atomic mass is 16.5. The summed E-state index contributed by atoms with van der Waals surface area (Å²) in [7, 11) is 0. The molecule has 1 amide bonds. The van der Waals surface area contributed by atoms with Gasteiger partial charge in [-0.15, -0.1) is 0 Å². The van der Waals surface area contributed by atoms with Gasteiger partial charge in [-0.25, -0.2) is 0 Å². The Hall–Kier alpha value is -1.66. The first-order chi connectivity index (χ1) is 30.5. The summed E-state index contributed by atoms with van der Waals surface area (Å²) in [6.45, 7) is 4.87. The van der Waals surface area contributed by atoms with Crippen LogP contribution in [0.5, 0.6) is 0 Å². The fourth-order valence-corrected chi connectivity index (χ4v) is 8.45. The summed E-state index contributed by atoms with van der Waals surface area (Å²) in [5.74, 6) is -0.0724.